The number of hydrogen-bond donors (Lipinski definition) is 1. The van der Waals surface area contributed by atoms with Gasteiger partial charge in [0.1, 0.15) is 5.75 Å². The van der Waals surface area contributed by atoms with Crippen LogP contribution < -0.4 is 19.5 Å². The number of anilines is 1. The second-order valence-corrected chi connectivity index (χ2v) is 6.79. The Morgan fingerprint density at radius 2 is 1.70 bits per heavy atom. The first-order valence-electron chi connectivity index (χ1n) is 9.45. The molecule has 0 aromatic heterocycles. The maximum atomic E-state index is 12.2. The van der Waals surface area contributed by atoms with Gasteiger partial charge in [0.25, 0.3) is 0 Å². The normalized spacial score (nSPS) is 14.0. The minimum absolute atomic E-state index is 0.0192. The fourth-order valence-electron chi connectivity index (χ4n) is 3.33. The third-order valence-electron chi connectivity index (χ3n) is 4.83. The van der Waals surface area contributed by atoms with Gasteiger partial charge in [-0.05, 0) is 74.1 Å². The molecule has 0 saturated heterocycles. The molecule has 1 aliphatic carbocycles. The van der Waals surface area contributed by atoms with Crippen molar-refractivity contribution in [3.05, 3.63) is 48.0 Å². The van der Waals surface area contributed by atoms with Crippen LogP contribution in [0.3, 0.4) is 0 Å². The van der Waals surface area contributed by atoms with Crippen LogP contribution in [0.2, 0.25) is 0 Å². The topological polar surface area (TPSA) is 56.8 Å². The first-order valence-corrected chi connectivity index (χ1v) is 9.45. The lowest BCUT2D eigenvalue weighted by Crippen LogP contribution is -2.13. The van der Waals surface area contributed by atoms with Crippen molar-refractivity contribution in [3.63, 3.8) is 0 Å². The predicted molar refractivity (Wildman–Crippen MR) is 106 cm³/mol. The van der Waals surface area contributed by atoms with Crippen LogP contribution in [0.4, 0.5) is 5.69 Å². The van der Waals surface area contributed by atoms with Gasteiger partial charge in [-0.15, -0.1) is 0 Å². The Hall–Kier alpha value is -2.69. The van der Waals surface area contributed by atoms with Crippen molar-refractivity contribution in [2.24, 2.45) is 0 Å². The fraction of sp³-hybridized carbons (Fsp3) is 0.409. The highest BCUT2D eigenvalue weighted by molar-refractivity contribution is 5.90. The molecule has 0 spiro atoms. The van der Waals surface area contributed by atoms with Gasteiger partial charge in [0.2, 0.25) is 5.91 Å². The zero-order chi connectivity index (χ0) is 19.1. The fourth-order valence-corrected chi connectivity index (χ4v) is 3.33. The number of carbonyl (C=O) groups excluding carboxylic acids is 1. The Kier molecular flexibility index (Phi) is 6.58. The molecule has 27 heavy (non-hydrogen) atoms. The summed E-state index contributed by atoms with van der Waals surface area (Å²) in [4.78, 5) is 12.2. The maximum Gasteiger partial charge on any atom is 0.224 e. The van der Waals surface area contributed by atoms with Crippen LogP contribution in [0.25, 0.3) is 0 Å². The molecule has 1 N–H and O–H groups in total. The van der Waals surface area contributed by atoms with Crippen molar-refractivity contribution in [3.8, 4) is 17.2 Å². The molecule has 0 heterocycles. The van der Waals surface area contributed by atoms with E-state index in [2.05, 4.69) is 5.32 Å². The predicted octanol–water partition coefficient (Wildman–Crippen LogP) is 4.60. The molecule has 0 atom stereocenters. The Balaban J connectivity index is 1.48. The van der Waals surface area contributed by atoms with E-state index in [9.17, 15) is 4.79 Å². The van der Waals surface area contributed by atoms with Crippen molar-refractivity contribution in [1.82, 2.24) is 0 Å². The largest absolute Gasteiger partial charge is 0.493 e. The summed E-state index contributed by atoms with van der Waals surface area (Å²) in [5, 5.41) is 2.93. The average Bonchev–Trinajstić information content (AvgIpc) is 3.20. The first kappa shape index (κ1) is 19.1. The van der Waals surface area contributed by atoms with Crippen molar-refractivity contribution >= 4 is 11.6 Å². The van der Waals surface area contributed by atoms with E-state index < -0.39 is 0 Å². The summed E-state index contributed by atoms with van der Waals surface area (Å²) in [6, 6.07) is 13.3. The Labute approximate surface area is 160 Å². The molecule has 2 aromatic carbocycles. The first-order chi connectivity index (χ1) is 13.2. The summed E-state index contributed by atoms with van der Waals surface area (Å²) in [7, 11) is 3.21. The van der Waals surface area contributed by atoms with Crippen molar-refractivity contribution < 1.29 is 19.0 Å². The molecular formula is C22H27NO4. The standard InChI is InChI=1S/C22H27NO4/c1-25-20-13-7-16(15-21(20)26-2)8-14-22(24)23-17-9-11-19(12-10-17)27-18-5-3-4-6-18/h7,9-13,15,18H,3-6,8,14H2,1-2H3,(H,23,24). The molecule has 1 saturated carbocycles. The van der Waals surface area contributed by atoms with Gasteiger partial charge in [-0.25, -0.2) is 0 Å². The number of hydrogen-bond acceptors (Lipinski definition) is 4. The van der Waals surface area contributed by atoms with Gasteiger partial charge in [-0.1, -0.05) is 6.07 Å². The van der Waals surface area contributed by atoms with Crippen molar-refractivity contribution in [2.45, 2.75) is 44.6 Å². The van der Waals surface area contributed by atoms with Crippen LogP contribution in [-0.4, -0.2) is 26.2 Å². The highest BCUT2D eigenvalue weighted by Gasteiger charge is 2.16. The van der Waals surface area contributed by atoms with Crippen LogP contribution in [0.1, 0.15) is 37.7 Å². The second kappa shape index (κ2) is 9.31. The Bertz CT molecular complexity index is 751. The van der Waals surface area contributed by atoms with Gasteiger partial charge in [-0.2, -0.15) is 0 Å². The van der Waals surface area contributed by atoms with Crippen molar-refractivity contribution in [1.29, 1.82) is 0 Å². The van der Waals surface area contributed by atoms with Gasteiger partial charge in [-0.3, -0.25) is 4.79 Å². The number of methoxy groups -OCH3 is 2. The van der Waals surface area contributed by atoms with E-state index in [-0.39, 0.29) is 5.91 Å². The summed E-state index contributed by atoms with van der Waals surface area (Å²) < 4.78 is 16.5. The quantitative estimate of drug-likeness (QED) is 0.739. The third kappa shape index (κ3) is 5.39. The molecule has 0 radical (unpaired) electrons. The Morgan fingerprint density at radius 1 is 1.00 bits per heavy atom. The van der Waals surface area contributed by atoms with Crippen molar-refractivity contribution in [2.75, 3.05) is 19.5 Å². The lowest BCUT2D eigenvalue weighted by molar-refractivity contribution is -0.116. The minimum Gasteiger partial charge on any atom is -0.493 e. The highest BCUT2D eigenvalue weighted by atomic mass is 16.5. The van der Waals surface area contributed by atoms with E-state index >= 15 is 0 Å². The highest BCUT2D eigenvalue weighted by Crippen LogP contribution is 2.28. The molecule has 1 aliphatic rings. The smallest absolute Gasteiger partial charge is 0.224 e. The molecule has 1 fully saturated rings. The zero-order valence-electron chi connectivity index (χ0n) is 16.0. The van der Waals surface area contributed by atoms with Crippen LogP contribution in [0.15, 0.2) is 42.5 Å². The molecule has 5 heteroatoms. The number of carbonyl (C=O) groups is 1. The summed E-state index contributed by atoms with van der Waals surface area (Å²) in [5.41, 5.74) is 1.81. The van der Waals surface area contributed by atoms with Gasteiger partial charge in [0.15, 0.2) is 11.5 Å². The lowest BCUT2D eigenvalue weighted by atomic mass is 10.1. The van der Waals surface area contributed by atoms with E-state index in [1.807, 2.05) is 42.5 Å². The molecule has 0 unspecified atom stereocenters. The molecule has 144 valence electrons. The average molecular weight is 369 g/mol. The second-order valence-electron chi connectivity index (χ2n) is 6.79. The van der Waals surface area contributed by atoms with E-state index in [0.717, 1.165) is 29.8 Å². The lowest BCUT2D eigenvalue weighted by Gasteiger charge is -2.13. The summed E-state index contributed by atoms with van der Waals surface area (Å²) in [5.74, 6) is 2.21. The summed E-state index contributed by atoms with van der Waals surface area (Å²) in [6.45, 7) is 0. The van der Waals surface area contributed by atoms with E-state index in [1.165, 1.54) is 12.8 Å². The zero-order valence-corrected chi connectivity index (χ0v) is 16.0. The third-order valence-corrected chi connectivity index (χ3v) is 4.83. The number of amides is 1. The van der Waals surface area contributed by atoms with Crippen LogP contribution in [-0.2, 0) is 11.2 Å². The molecule has 2 aromatic rings. The van der Waals surface area contributed by atoms with Gasteiger partial charge >= 0.3 is 0 Å². The van der Waals surface area contributed by atoms with Gasteiger partial charge in [0, 0.05) is 12.1 Å². The molecule has 0 aliphatic heterocycles. The molecular weight excluding hydrogens is 342 g/mol. The Morgan fingerprint density at radius 3 is 2.37 bits per heavy atom. The summed E-state index contributed by atoms with van der Waals surface area (Å²) >= 11 is 0. The van der Waals surface area contributed by atoms with Gasteiger partial charge < -0.3 is 19.5 Å². The molecule has 1 amide bonds. The molecule has 0 bridgehead atoms. The monoisotopic (exact) mass is 369 g/mol. The maximum absolute atomic E-state index is 12.2. The number of ether oxygens (including phenoxy) is 3. The SMILES string of the molecule is COc1ccc(CCC(=O)Nc2ccc(OC3CCCC3)cc2)cc1OC. The number of aryl methyl sites for hydroxylation is 1. The molecule has 3 rings (SSSR count). The van der Waals surface area contributed by atoms with Crippen LogP contribution >= 0.6 is 0 Å². The molecule has 5 nitrogen and oxygen atoms in total. The van der Waals surface area contributed by atoms with Gasteiger partial charge in [0.05, 0.1) is 20.3 Å². The number of rotatable bonds is 8. The number of nitrogens with one attached hydrogen (secondary N) is 1. The number of benzene rings is 2. The van der Waals surface area contributed by atoms with Crippen LogP contribution in [0, 0.1) is 0 Å². The van der Waals surface area contributed by atoms with Crippen LogP contribution in [0.5, 0.6) is 17.2 Å². The van der Waals surface area contributed by atoms with E-state index in [1.54, 1.807) is 14.2 Å². The summed E-state index contributed by atoms with van der Waals surface area (Å²) in [6.07, 6.45) is 6.14. The minimum atomic E-state index is -0.0192. The van der Waals surface area contributed by atoms with E-state index in [4.69, 9.17) is 14.2 Å². The van der Waals surface area contributed by atoms with E-state index in [0.29, 0.717) is 30.4 Å².